The number of hydrogen-bond acceptors (Lipinski definition) is 3. The first-order valence-electron chi connectivity index (χ1n) is 19.9. The lowest BCUT2D eigenvalue weighted by atomic mass is 9.74. The van der Waals surface area contributed by atoms with Gasteiger partial charge in [0.2, 0.25) is 0 Å². The van der Waals surface area contributed by atoms with E-state index in [1.807, 2.05) is 11.8 Å². The first-order valence-corrected chi connectivity index (χ1v) is 20.7. The van der Waals surface area contributed by atoms with E-state index in [0.717, 1.165) is 12.8 Å². The first kappa shape index (κ1) is 33.3. The molecule has 4 aliphatic rings. The van der Waals surface area contributed by atoms with Crippen molar-refractivity contribution in [3.63, 3.8) is 0 Å². The molecule has 0 saturated heterocycles. The summed E-state index contributed by atoms with van der Waals surface area (Å²) in [7, 11) is 0. The molecule has 3 heteroatoms. The molecule has 2 atom stereocenters. The van der Waals surface area contributed by atoms with Crippen molar-refractivity contribution in [1.82, 2.24) is 0 Å². The maximum absolute atomic E-state index is 2.55. The predicted octanol–water partition coefficient (Wildman–Crippen LogP) is 14.3. The van der Waals surface area contributed by atoms with E-state index < -0.39 is 0 Å². The van der Waals surface area contributed by atoms with Gasteiger partial charge in [-0.3, -0.25) is 0 Å². The normalized spacial score (nSPS) is 18.7. The number of hydrogen-bond donors (Lipinski definition) is 0. The average molecular weight is 739 g/mol. The highest BCUT2D eigenvalue weighted by atomic mass is 32.2. The maximum Gasteiger partial charge on any atom is 0.0601 e. The van der Waals surface area contributed by atoms with Gasteiger partial charge in [-0.1, -0.05) is 159 Å². The average Bonchev–Trinajstić information content (AvgIpc) is 3.34. The molecule has 0 bridgehead atoms. The molecule has 0 aromatic heterocycles. The Kier molecular flexibility index (Phi) is 7.76. The molecule has 2 aliphatic carbocycles. The summed E-state index contributed by atoms with van der Waals surface area (Å²) in [6.07, 6.45) is 14.1. The Balaban J connectivity index is 0.937. The van der Waals surface area contributed by atoms with Crippen molar-refractivity contribution in [2.75, 3.05) is 9.80 Å². The Bertz CT molecular complexity index is 2710. The van der Waals surface area contributed by atoms with Crippen LogP contribution in [0.1, 0.15) is 53.1 Å². The van der Waals surface area contributed by atoms with Gasteiger partial charge in [-0.15, -0.1) is 0 Å². The molecule has 0 amide bonds. The van der Waals surface area contributed by atoms with Crippen molar-refractivity contribution in [1.29, 1.82) is 0 Å². The number of allylic oxidation sites excluding steroid dienone is 3. The molecule has 0 radical (unpaired) electrons. The van der Waals surface area contributed by atoms with Crippen LogP contribution in [0.25, 0.3) is 22.9 Å². The van der Waals surface area contributed by atoms with E-state index in [1.54, 1.807) is 0 Å². The quantitative estimate of drug-likeness (QED) is 0.166. The molecular weight excluding hydrogens is 697 g/mol. The number of anilines is 5. The third-order valence-corrected chi connectivity index (χ3v) is 13.8. The Morgan fingerprint density at radius 3 is 1.89 bits per heavy atom. The van der Waals surface area contributed by atoms with Crippen molar-refractivity contribution >= 4 is 63.1 Å². The monoisotopic (exact) mass is 738 g/mol. The molecular formula is C53H42N2S. The number of fused-ring (bicyclic) bond motifs is 8. The number of rotatable bonds is 4. The van der Waals surface area contributed by atoms with Gasteiger partial charge >= 0.3 is 0 Å². The second kappa shape index (κ2) is 13.0. The molecule has 11 rings (SSSR count). The topological polar surface area (TPSA) is 6.48 Å². The second-order valence-corrected chi connectivity index (χ2v) is 17.2. The zero-order chi connectivity index (χ0) is 37.4. The highest BCUT2D eigenvalue weighted by Gasteiger charge is 2.46. The fourth-order valence-electron chi connectivity index (χ4n) is 9.84. The maximum atomic E-state index is 2.55. The van der Waals surface area contributed by atoms with Gasteiger partial charge in [0.05, 0.1) is 17.1 Å². The number of benzene rings is 7. The Labute approximate surface area is 334 Å². The molecule has 0 fully saturated rings. The molecule has 2 nitrogen and oxygen atoms in total. The van der Waals surface area contributed by atoms with Crippen LogP contribution in [0.2, 0.25) is 0 Å². The van der Waals surface area contributed by atoms with E-state index in [2.05, 4.69) is 206 Å². The summed E-state index contributed by atoms with van der Waals surface area (Å²) in [6, 6.07) is 56.1. The minimum atomic E-state index is -0.0302. The summed E-state index contributed by atoms with van der Waals surface area (Å²) in [5.41, 5.74) is 15.6. The number of nitrogens with zero attached hydrogens (tertiary/aromatic N) is 2. The van der Waals surface area contributed by atoms with Crippen LogP contribution in [0, 0.1) is 5.92 Å². The fourth-order valence-corrected chi connectivity index (χ4v) is 10.9. The van der Waals surface area contributed by atoms with E-state index in [0.29, 0.717) is 11.8 Å². The van der Waals surface area contributed by atoms with Gasteiger partial charge in [0.25, 0.3) is 0 Å². The molecule has 56 heavy (non-hydrogen) atoms. The van der Waals surface area contributed by atoms with Crippen LogP contribution in [0.5, 0.6) is 0 Å². The highest BCUT2D eigenvalue weighted by molar-refractivity contribution is 7.99. The molecule has 0 spiro atoms. The van der Waals surface area contributed by atoms with Crippen molar-refractivity contribution in [3.05, 3.63) is 209 Å². The lowest BCUT2D eigenvalue weighted by molar-refractivity contribution is 0.392. The third-order valence-electron chi connectivity index (χ3n) is 12.6. The van der Waals surface area contributed by atoms with Crippen LogP contribution in [0.15, 0.2) is 185 Å². The lowest BCUT2D eigenvalue weighted by Crippen LogP contribution is -2.28. The molecule has 0 saturated carbocycles. The minimum absolute atomic E-state index is 0.0302. The third kappa shape index (κ3) is 5.25. The largest absolute Gasteiger partial charge is 0.309 e. The zero-order valence-electron chi connectivity index (χ0n) is 31.7. The molecule has 0 N–H and O–H groups in total. The minimum Gasteiger partial charge on any atom is -0.309 e. The summed E-state index contributed by atoms with van der Waals surface area (Å²) >= 11 is 1.87. The second-order valence-electron chi connectivity index (χ2n) is 16.1. The van der Waals surface area contributed by atoms with Crippen molar-refractivity contribution in [3.8, 4) is 0 Å². The van der Waals surface area contributed by atoms with E-state index in [9.17, 15) is 0 Å². The van der Waals surface area contributed by atoms with Crippen molar-refractivity contribution in [2.24, 2.45) is 5.92 Å². The SMILES string of the molecule is CC1(C)c2cc(/C=C/c3cccc4c(N5c6ccccc6CCc6ccccc65)cccc34)ccc2C2C=CC(N3c4ccccc4Sc4ccccc43)=CC21. The van der Waals surface area contributed by atoms with Crippen LogP contribution in [-0.2, 0) is 18.3 Å². The Morgan fingerprint density at radius 2 is 1.18 bits per heavy atom. The Morgan fingerprint density at radius 1 is 0.571 bits per heavy atom. The number of para-hydroxylation sites is 4. The summed E-state index contributed by atoms with van der Waals surface area (Å²) in [5.74, 6) is 0.716. The van der Waals surface area contributed by atoms with Gasteiger partial charge in [-0.25, -0.2) is 0 Å². The highest BCUT2D eigenvalue weighted by Crippen LogP contribution is 2.56. The van der Waals surface area contributed by atoms with E-state index in [-0.39, 0.29) is 5.41 Å². The predicted molar refractivity (Wildman–Crippen MR) is 237 cm³/mol. The first-order chi connectivity index (χ1) is 27.5. The van der Waals surface area contributed by atoms with Gasteiger partial charge in [-0.05, 0) is 111 Å². The lowest BCUT2D eigenvalue weighted by Gasteiger charge is -2.37. The molecule has 2 unspecified atom stereocenters. The molecule has 2 heterocycles. The molecule has 7 aromatic rings. The zero-order valence-corrected chi connectivity index (χ0v) is 32.5. The molecule has 7 aromatic carbocycles. The summed E-state index contributed by atoms with van der Waals surface area (Å²) in [5, 5.41) is 2.52. The van der Waals surface area contributed by atoms with Crippen LogP contribution in [0.4, 0.5) is 28.4 Å². The van der Waals surface area contributed by atoms with Crippen LogP contribution in [0.3, 0.4) is 0 Å². The fraction of sp³-hybridized carbons (Fsp3) is 0.132. The number of aryl methyl sites for hydroxylation is 2. The van der Waals surface area contributed by atoms with Crippen molar-refractivity contribution < 1.29 is 0 Å². The molecule has 2 aliphatic heterocycles. The summed E-state index contributed by atoms with van der Waals surface area (Å²) in [6.45, 7) is 4.88. The standard InChI is InChI=1S/C53H42N2S/c1-53(2)44-33-35(26-31-41(44)42-32-30-39(34-45(42)53)54-49-20-7-9-23-51(49)56-52-24-10-8-21-50(52)54)25-27-36-15-11-17-43-40(36)16-12-22-48(43)55-46-18-5-3-13-37(46)28-29-38-14-4-6-19-47(38)55/h3-27,30-34,42,45H,28-29H2,1-2H3/b27-25+. The van der Waals surface area contributed by atoms with Gasteiger partial charge in [0.1, 0.15) is 0 Å². The van der Waals surface area contributed by atoms with Crippen molar-refractivity contribution in [2.45, 2.75) is 47.8 Å². The van der Waals surface area contributed by atoms with Crippen LogP contribution >= 0.6 is 11.8 Å². The van der Waals surface area contributed by atoms with E-state index in [1.165, 1.54) is 88.1 Å². The van der Waals surface area contributed by atoms with E-state index >= 15 is 0 Å². The van der Waals surface area contributed by atoms with Crippen LogP contribution in [-0.4, -0.2) is 0 Å². The van der Waals surface area contributed by atoms with Gasteiger partial charge in [0, 0.05) is 38.2 Å². The Hall–Kier alpha value is -6.03. The summed E-state index contributed by atoms with van der Waals surface area (Å²) in [4.78, 5) is 7.56. The van der Waals surface area contributed by atoms with E-state index in [4.69, 9.17) is 0 Å². The smallest absolute Gasteiger partial charge is 0.0601 e. The molecule has 270 valence electrons. The van der Waals surface area contributed by atoms with Gasteiger partial charge in [0.15, 0.2) is 0 Å². The van der Waals surface area contributed by atoms with Gasteiger partial charge in [-0.2, -0.15) is 0 Å². The van der Waals surface area contributed by atoms with Crippen LogP contribution < -0.4 is 9.80 Å². The van der Waals surface area contributed by atoms with Gasteiger partial charge < -0.3 is 9.80 Å². The summed E-state index contributed by atoms with van der Waals surface area (Å²) < 4.78 is 0.